The topological polar surface area (TPSA) is 26.3 Å². The van der Waals surface area contributed by atoms with Crippen LogP contribution in [0.1, 0.15) is 40.0 Å². The number of hydrogen-bond donors (Lipinski definition) is 1. The Morgan fingerprint density at radius 3 is 1.67 bits per heavy atom. The van der Waals surface area contributed by atoms with E-state index in [-0.39, 0.29) is 5.97 Å². The Balaban J connectivity index is 0.000000330. The molecule has 0 saturated heterocycles. The molecule has 1 rings (SSSR count). The lowest BCUT2D eigenvalue weighted by Crippen LogP contribution is -1.99. The first-order valence-corrected chi connectivity index (χ1v) is 4.46. The highest BCUT2D eigenvalue weighted by Gasteiger charge is 2.03. The molecule has 0 atom stereocenters. The Morgan fingerprint density at radius 1 is 1.17 bits per heavy atom. The number of hydrogen-bond acceptors (Lipinski definition) is 3. The fourth-order valence-corrected chi connectivity index (χ4v) is 0.410. The van der Waals surface area contributed by atoms with Gasteiger partial charge in [-0.1, -0.05) is 24.8 Å². The Labute approximate surface area is 79.6 Å². The third kappa shape index (κ3) is 6.28. The van der Waals surface area contributed by atoms with Crippen molar-refractivity contribution < 1.29 is 8.98 Å². The molecule has 0 heterocycles. The Kier molecular flexibility index (Phi) is 5.89. The second kappa shape index (κ2) is 6.12. The first-order chi connectivity index (χ1) is 5.59. The first kappa shape index (κ1) is 11.6. The lowest BCUT2D eigenvalue weighted by molar-refractivity contribution is -0.128. The van der Waals surface area contributed by atoms with Crippen molar-refractivity contribution in [1.82, 2.24) is 0 Å². The average Bonchev–Trinajstić information content (AvgIpc) is 2.87. The molecule has 12 heavy (non-hydrogen) atoms. The van der Waals surface area contributed by atoms with Gasteiger partial charge in [0, 0.05) is 18.5 Å². The van der Waals surface area contributed by atoms with E-state index in [2.05, 4.69) is 17.1 Å². The molecule has 0 N–H and O–H groups in total. The summed E-state index contributed by atoms with van der Waals surface area (Å²) in [4.78, 5) is 10.6. The van der Waals surface area contributed by atoms with Crippen molar-refractivity contribution >= 4 is 18.9 Å². The monoisotopic (exact) mass is 188 g/mol. The van der Waals surface area contributed by atoms with Crippen LogP contribution in [0.25, 0.3) is 0 Å². The summed E-state index contributed by atoms with van der Waals surface area (Å²) in [7, 11) is 0. The molecule has 0 unspecified atom stereocenters. The van der Waals surface area contributed by atoms with Gasteiger partial charge in [0.1, 0.15) is 0 Å². The molecule has 0 aliphatic heterocycles. The van der Waals surface area contributed by atoms with Crippen molar-refractivity contribution in [2.45, 2.75) is 40.0 Å². The smallest absolute Gasteiger partial charge is 0.345 e. The molecule has 0 spiro atoms. The van der Waals surface area contributed by atoms with E-state index >= 15 is 0 Å². The number of rotatable bonds is 1. The van der Waals surface area contributed by atoms with Gasteiger partial charge in [-0.2, -0.15) is 0 Å². The molecule has 0 aromatic carbocycles. The molecule has 1 fully saturated rings. The first-order valence-electron chi connectivity index (χ1n) is 4.09. The van der Waals surface area contributed by atoms with Gasteiger partial charge in [-0.15, -0.1) is 0 Å². The Bertz CT molecular complexity index is 176. The molecular formula is C9H16O2S. The molecular weight excluding hydrogens is 172 g/mol. The Morgan fingerprint density at radius 2 is 1.58 bits per heavy atom. The van der Waals surface area contributed by atoms with Gasteiger partial charge in [-0.25, -0.2) is 4.79 Å². The van der Waals surface area contributed by atoms with Crippen molar-refractivity contribution in [2.75, 3.05) is 0 Å². The molecule has 0 radical (unpaired) electrons. The molecule has 0 aromatic rings. The number of thiol groups is 1. The van der Waals surface area contributed by atoms with Crippen molar-refractivity contribution in [3.63, 3.8) is 0 Å². The fourth-order valence-electron chi connectivity index (χ4n) is 0.273. The zero-order valence-corrected chi connectivity index (χ0v) is 8.78. The lowest BCUT2D eigenvalue weighted by Gasteiger charge is -1.97. The summed E-state index contributed by atoms with van der Waals surface area (Å²) in [5.74, 6) is -0.377. The molecule has 0 aromatic heterocycles. The molecule has 2 nitrogen and oxygen atoms in total. The van der Waals surface area contributed by atoms with Gasteiger partial charge in [-0.05, 0) is 20.8 Å². The van der Waals surface area contributed by atoms with Crippen LogP contribution in [-0.4, -0.2) is 5.97 Å². The molecule has 1 aliphatic rings. The van der Waals surface area contributed by atoms with E-state index in [9.17, 15) is 4.79 Å². The summed E-state index contributed by atoms with van der Waals surface area (Å²) in [6, 6.07) is 0. The third-order valence-corrected chi connectivity index (χ3v) is 1.66. The fraction of sp³-hybridized carbons (Fsp3) is 0.667. The number of carbonyl (C=O) groups is 1. The van der Waals surface area contributed by atoms with Crippen LogP contribution in [0, 0.1) is 0 Å². The predicted molar refractivity (Wildman–Crippen MR) is 53.0 cm³/mol. The molecule has 1 saturated carbocycles. The largest absolute Gasteiger partial charge is 0.391 e. The van der Waals surface area contributed by atoms with Crippen LogP contribution in [0.15, 0.2) is 11.1 Å². The standard InChI is InChI=1S/C6H10O2S.C3H6/c1-4(2)5(3)6(7)8-9;1-2-3-1/h9H,1-3H3;1-3H2. The maximum Gasteiger partial charge on any atom is 0.345 e. The maximum absolute atomic E-state index is 10.6. The second-order valence-electron chi connectivity index (χ2n) is 3.06. The van der Waals surface area contributed by atoms with Crippen LogP contribution in [0.4, 0.5) is 0 Å². The van der Waals surface area contributed by atoms with Crippen LogP contribution in [0.2, 0.25) is 0 Å². The zero-order valence-electron chi connectivity index (χ0n) is 7.89. The zero-order chi connectivity index (χ0) is 9.56. The highest BCUT2D eigenvalue weighted by Crippen LogP contribution is 2.14. The minimum absolute atomic E-state index is 0.377. The van der Waals surface area contributed by atoms with Crippen molar-refractivity contribution in [3.05, 3.63) is 11.1 Å². The lowest BCUT2D eigenvalue weighted by atomic mass is 10.2. The summed E-state index contributed by atoms with van der Waals surface area (Å²) in [6.07, 6.45) is 4.50. The highest BCUT2D eigenvalue weighted by molar-refractivity contribution is 7.75. The van der Waals surface area contributed by atoms with Crippen LogP contribution in [0.3, 0.4) is 0 Å². The Hall–Kier alpha value is -0.440. The summed E-state index contributed by atoms with van der Waals surface area (Å²) < 4.78 is 4.17. The SMILES string of the molecule is C1CC1.CC(C)=C(C)C(=O)OS. The van der Waals surface area contributed by atoms with Gasteiger partial charge in [0.2, 0.25) is 0 Å². The predicted octanol–water partition coefficient (Wildman–Crippen LogP) is 2.90. The second-order valence-corrected chi connectivity index (χ2v) is 3.25. The summed E-state index contributed by atoms with van der Waals surface area (Å²) in [5.41, 5.74) is 1.57. The van der Waals surface area contributed by atoms with E-state index in [0.29, 0.717) is 5.57 Å². The van der Waals surface area contributed by atoms with Gasteiger partial charge >= 0.3 is 5.97 Å². The normalized spacial score (nSPS) is 12.3. The molecule has 70 valence electrons. The van der Waals surface area contributed by atoms with Crippen LogP contribution in [-0.2, 0) is 8.98 Å². The highest BCUT2D eigenvalue weighted by atomic mass is 32.1. The van der Waals surface area contributed by atoms with E-state index in [1.54, 1.807) is 6.92 Å². The maximum atomic E-state index is 10.6. The third-order valence-electron chi connectivity index (χ3n) is 1.49. The van der Waals surface area contributed by atoms with Crippen molar-refractivity contribution in [1.29, 1.82) is 0 Å². The molecule has 3 heteroatoms. The summed E-state index contributed by atoms with van der Waals surface area (Å²) >= 11 is 3.37. The molecule has 0 amide bonds. The van der Waals surface area contributed by atoms with Crippen molar-refractivity contribution in [3.8, 4) is 0 Å². The van der Waals surface area contributed by atoms with Gasteiger partial charge in [-0.3, -0.25) is 0 Å². The van der Waals surface area contributed by atoms with Crippen LogP contribution < -0.4 is 0 Å². The average molecular weight is 188 g/mol. The van der Waals surface area contributed by atoms with E-state index in [1.807, 2.05) is 13.8 Å². The van der Waals surface area contributed by atoms with Crippen molar-refractivity contribution in [2.24, 2.45) is 0 Å². The minimum atomic E-state index is -0.377. The van der Waals surface area contributed by atoms with Gasteiger partial charge in [0.25, 0.3) is 0 Å². The van der Waals surface area contributed by atoms with E-state index < -0.39 is 0 Å². The summed E-state index contributed by atoms with van der Waals surface area (Å²) in [6.45, 7) is 5.40. The van der Waals surface area contributed by atoms with Crippen LogP contribution in [0.5, 0.6) is 0 Å². The summed E-state index contributed by atoms with van der Waals surface area (Å²) in [5, 5.41) is 0. The number of allylic oxidation sites excluding steroid dienone is 1. The van der Waals surface area contributed by atoms with Crippen LogP contribution >= 0.6 is 12.9 Å². The van der Waals surface area contributed by atoms with Gasteiger partial charge in [0.15, 0.2) is 0 Å². The minimum Gasteiger partial charge on any atom is -0.391 e. The number of carbonyl (C=O) groups excluding carboxylic acids is 1. The van der Waals surface area contributed by atoms with E-state index in [4.69, 9.17) is 0 Å². The molecule has 0 bridgehead atoms. The molecule has 1 aliphatic carbocycles. The van der Waals surface area contributed by atoms with E-state index in [1.165, 1.54) is 19.3 Å². The van der Waals surface area contributed by atoms with E-state index in [0.717, 1.165) is 5.57 Å². The van der Waals surface area contributed by atoms with Gasteiger partial charge < -0.3 is 4.18 Å². The quantitative estimate of drug-likeness (QED) is 0.389. The van der Waals surface area contributed by atoms with Gasteiger partial charge in [0.05, 0.1) is 0 Å².